The number of phenols is 2. The zero-order valence-corrected chi connectivity index (χ0v) is 9.06. The monoisotopic (exact) mass is 223 g/mol. The Morgan fingerprint density at radius 1 is 1.25 bits per heavy atom. The van der Waals surface area contributed by atoms with Crippen molar-refractivity contribution < 1.29 is 15.3 Å². The average Bonchev–Trinajstić information content (AvgIpc) is 3.07. The van der Waals surface area contributed by atoms with Gasteiger partial charge in [0.1, 0.15) is 0 Å². The molecule has 1 unspecified atom stereocenters. The van der Waals surface area contributed by atoms with Crippen molar-refractivity contribution in [3.05, 3.63) is 23.8 Å². The Bertz CT molecular complexity index is 363. The number of aliphatic hydroxyl groups excluding tert-OH is 1. The highest BCUT2D eigenvalue weighted by atomic mass is 16.3. The van der Waals surface area contributed by atoms with Crippen molar-refractivity contribution in [1.29, 1.82) is 0 Å². The van der Waals surface area contributed by atoms with Gasteiger partial charge in [-0.15, -0.1) is 0 Å². The van der Waals surface area contributed by atoms with Crippen LogP contribution in [0.3, 0.4) is 0 Å². The fraction of sp³-hybridized carbons (Fsp3) is 0.500. The predicted molar refractivity (Wildman–Crippen MR) is 60.2 cm³/mol. The van der Waals surface area contributed by atoms with Gasteiger partial charge in [0.2, 0.25) is 0 Å². The van der Waals surface area contributed by atoms with E-state index < -0.39 is 0 Å². The number of aromatic hydroxyl groups is 2. The first-order chi connectivity index (χ1) is 7.66. The van der Waals surface area contributed by atoms with E-state index >= 15 is 0 Å². The molecule has 0 bridgehead atoms. The van der Waals surface area contributed by atoms with Crippen LogP contribution in [0.2, 0.25) is 0 Å². The van der Waals surface area contributed by atoms with Crippen LogP contribution < -0.4 is 5.32 Å². The first kappa shape index (κ1) is 11.2. The van der Waals surface area contributed by atoms with Gasteiger partial charge in [0.15, 0.2) is 11.5 Å². The number of hydrogen-bond acceptors (Lipinski definition) is 4. The summed E-state index contributed by atoms with van der Waals surface area (Å²) < 4.78 is 0. The van der Waals surface area contributed by atoms with Crippen molar-refractivity contribution in [3.63, 3.8) is 0 Å². The van der Waals surface area contributed by atoms with Crippen LogP contribution in [-0.2, 0) is 6.54 Å². The predicted octanol–water partition coefficient (Wildman–Crippen LogP) is 0.958. The fourth-order valence-corrected chi connectivity index (χ4v) is 1.69. The molecule has 0 aromatic heterocycles. The number of nitrogens with one attached hydrogen (secondary N) is 1. The van der Waals surface area contributed by atoms with Gasteiger partial charge in [-0.25, -0.2) is 0 Å². The molecule has 1 aliphatic rings. The van der Waals surface area contributed by atoms with Crippen molar-refractivity contribution in [1.82, 2.24) is 5.32 Å². The van der Waals surface area contributed by atoms with E-state index in [1.54, 1.807) is 6.07 Å². The van der Waals surface area contributed by atoms with E-state index in [1.807, 2.05) is 0 Å². The van der Waals surface area contributed by atoms with Gasteiger partial charge in [-0.05, 0) is 36.5 Å². The summed E-state index contributed by atoms with van der Waals surface area (Å²) in [6.07, 6.45) is 2.00. The molecule has 0 heterocycles. The van der Waals surface area contributed by atoms with E-state index in [1.165, 1.54) is 12.1 Å². The molecule has 0 radical (unpaired) electrons. The summed E-state index contributed by atoms with van der Waals surface area (Å²) in [7, 11) is 0. The molecule has 0 saturated heterocycles. The number of hydrogen-bond donors (Lipinski definition) is 4. The van der Waals surface area contributed by atoms with Crippen molar-refractivity contribution in [2.75, 3.05) is 6.54 Å². The van der Waals surface area contributed by atoms with E-state index in [0.29, 0.717) is 19.0 Å². The highest BCUT2D eigenvalue weighted by Gasteiger charge is 2.28. The second-order valence-corrected chi connectivity index (χ2v) is 4.36. The molecule has 0 spiro atoms. The van der Waals surface area contributed by atoms with Crippen LogP contribution >= 0.6 is 0 Å². The molecule has 1 saturated carbocycles. The van der Waals surface area contributed by atoms with Crippen LogP contribution in [0.4, 0.5) is 0 Å². The summed E-state index contributed by atoms with van der Waals surface area (Å²) in [4.78, 5) is 0. The summed E-state index contributed by atoms with van der Waals surface area (Å²) in [5.74, 6) is 0.254. The third kappa shape index (κ3) is 2.87. The lowest BCUT2D eigenvalue weighted by Gasteiger charge is -2.10. The van der Waals surface area contributed by atoms with Gasteiger partial charge in [0.25, 0.3) is 0 Å². The van der Waals surface area contributed by atoms with Crippen molar-refractivity contribution in [2.24, 2.45) is 5.92 Å². The van der Waals surface area contributed by atoms with Gasteiger partial charge in [-0.3, -0.25) is 0 Å². The SMILES string of the molecule is Oc1ccc(CNCC(O)C2CC2)cc1O. The van der Waals surface area contributed by atoms with Crippen molar-refractivity contribution in [2.45, 2.75) is 25.5 Å². The average molecular weight is 223 g/mol. The highest BCUT2D eigenvalue weighted by Crippen LogP contribution is 2.32. The molecule has 16 heavy (non-hydrogen) atoms. The van der Waals surface area contributed by atoms with E-state index in [-0.39, 0.29) is 17.6 Å². The molecule has 0 amide bonds. The van der Waals surface area contributed by atoms with Crippen LogP contribution in [0.1, 0.15) is 18.4 Å². The van der Waals surface area contributed by atoms with E-state index in [2.05, 4.69) is 5.32 Å². The molecule has 1 aromatic rings. The lowest BCUT2D eigenvalue weighted by molar-refractivity contribution is 0.148. The standard InChI is InChI=1S/C12H17NO3/c14-10-4-1-8(5-11(10)15)6-13-7-12(16)9-2-3-9/h1,4-5,9,12-16H,2-3,6-7H2. The normalized spacial score (nSPS) is 17.3. The minimum absolute atomic E-state index is 0.109. The highest BCUT2D eigenvalue weighted by molar-refractivity contribution is 5.40. The minimum atomic E-state index is -0.259. The zero-order chi connectivity index (χ0) is 11.5. The maximum Gasteiger partial charge on any atom is 0.157 e. The van der Waals surface area contributed by atoms with Crippen molar-refractivity contribution >= 4 is 0 Å². The largest absolute Gasteiger partial charge is 0.504 e. The lowest BCUT2D eigenvalue weighted by atomic mass is 10.2. The molecule has 4 heteroatoms. The molecule has 0 aliphatic heterocycles. The molecular weight excluding hydrogens is 206 g/mol. The smallest absolute Gasteiger partial charge is 0.157 e. The van der Waals surface area contributed by atoms with Crippen LogP contribution in [0, 0.1) is 5.92 Å². The van der Waals surface area contributed by atoms with Crippen molar-refractivity contribution in [3.8, 4) is 11.5 Å². The van der Waals surface area contributed by atoms with Gasteiger partial charge in [0.05, 0.1) is 6.10 Å². The molecule has 1 aromatic carbocycles. The molecular formula is C12H17NO3. The molecule has 4 N–H and O–H groups in total. The zero-order valence-electron chi connectivity index (χ0n) is 9.06. The van der Waals surface area contributed by atoms with E-state index in [0.717, 1.165) is 18.4 Å². The third-order valence-electron chi connectivity index (χ3n) is 2.89. The van der Waals surface area contributed by atoms with Crippen LogP contribution in [0.25, 0.3) is 0 Å². The number of phenolic OH excluding ortho intramolecular Hbond substituents is 2. The third-order valence-corrected chi connectivity index (χ3v) is 2.89. The first-order valence-corrected chi connectivity index (χ1v) is 5.56. The summed E-state index contributed by atoms with van der Waals surface area (Å²) in [6, 6.07) is 4.72. The topological polar surface area (TPSA) is 72.7 Å². The molecule has 1 aliphatic carbocycles. The molecule has 1 fully saturated rings. The lowest BCUT2D eigenvalue weighted by Crippen LogP contribution is -2.27. The molecule has 1 atom stereocenters. The Morgan fingerprint density at radius 2 is 2.00 bits per heavy atom. The Balaban J connectivity index is 1.78. The van der Waals surface area contributed by atoms with Crippen LogP contribution in [0.5, 0.6) is 11.5 Å². The van der Waals surface area contributed by atoms with Crippen LogP contribution in [-0.4, -0.2) is 28.0 Å². The number of rotatable bonds is 5. The summed E-state index contributed by atoms with van der Waals surface area (Å²) in [5, 5.41) is 31.1. The van der Waals surface area contributed by atoms with Gasteiger partial charge in [-0.2, -0.15) is 0 Å². The quantitative estimate of drug-likeness (QED) is 0.561. The number of aliphatic hydroxyl groups is 1. The van der Waals surface area contributed by atoms with Gasteiger partial charge < -0.3 is 20.6 Å². The maximum atomic E-state index is 9.61. The maximum absolute atomic E-state index is 9.61. The second-order valence-electron chi connectivity index (χ2n) is 4.36. The summed E-state index contributed by atoms with van der Waals surface area (Å²) >= 11 is 0. The molecule has 2 rings (SSSR count). The minimum Gasteiger partial charge on any atom is -0.504 e. The number of benzene rings is 1. The Kier molecular flexibility index (Phi) is 3.31. The van der Waals surface area contributed by atoms with E-state index in [4.69, 9.17) is 5.11 Å². The Hall–Kier alpha value is -1.26. The van der Waals surface area contributed by atoms with Gasteiger partial charge >= 0.3 is 0 Å². The molecule has 4 nitrogen and oxygen atoms in total. The Labute approximate surface area is 94.5 Å². The Morgan fingerprint density at radius 3 is 2.62 bits per heavy atom. The fourth-order valence-electron chi connectivity index (χ4n) is 1.69. The van der Waals surface area contributed by atoms with E-state index in [9.17, 15) is 10.2 Å². The second kappa shape index (κ2) is 4.72. The summed E-state index contributed by atoms with van der Waals surface area (Å²) in [5.41, 5.74) is 0.887. The summed E-state index contributed by atoms with van der Waals surface area (Å²) in [6.45, 7) is 1.16. The first-order valence-electron chi connectivity index (χ1n) is 5.56. The van der Waals surface area contributed by atoms with Crippen LogP contribution in [0.15, 0.2) is 18.2 Å². The van der Waals surface area contributed by atoms with Gasteiger partial charge in [-0.1, -0.05) is 6.07 Å². The van der Waals surface area contributed by atoms with Gasteiger partial charge in [0, 0.05) is 13.1 Å². The molecule has 88 valence electrons.